The summed E-state index contributed by atoms with van der Waals surface area (Å²) in [5, 5.41) is 0.197. The Morgan fingerprint density at radius 2 is 0.600 bits per heavy atom. The number of hydrogen-bond acceptors (Lipinski definition) is 15. The molecule has 21 heteroatoms. The van der Waals surface area contributed by atoms with Gasteiger partial charge >= 0.3 is 5.97 Å². The van der Waals surface area contributed by atoms with Gasteiger partial charge in [-0.1, -0.05) is 20.8 Å². The highest BCUT2D eigenvalue weighted by atomic mass is 28.4. The van der Waals surface area contributed by atoms with E-state index in [0.29, 0.717) is 139 Å². The van der Waals surface area contributed by atoms with Crippen molar-refractivity contribution in [3.8, 4) is 5.75 Å². The predicted octanol–water partition coefficient (Wildman–Crippen LogP) is 4.90. The lowest BCUT2D eigenvalue weighted by Gasteiger charge is -2.36. The number of hydrogen-bond donors (Lipinski definition) is 0. The average molecular weight is 899 g/mol. The summed E-state index contributed by atoms with van der Waals surface area (Å²) in [5.41, 5.74) is 0. The van der Waals surface area contributed by atoms with Crippen molar-refractivity contribution in [2.75, 3.05) is 165 Å². The first-order chi connectivity index (χ1) is 28.8. The third-order valence-corrected chi connectivity index (χ3v) is 13.0. The van der Waals surface area contributed by atoms with E-state index in [2.05, 4.69) is 38.6 Å². The van der Waals surface area contributed by atoms with Crippen molar-refractivity contribution in [2.45, 2.75) is 45.3 Å². The van der Waals surface area contributed by atoms with Crippen molar-refractivity contribution < 1.29 is 92.8 Å². The lowest BCUT2D eigenvalue weighted by Crippen LogP contribution is -2.41. The van der Waals surface area contributed by atoms with Crippen LogP contribution in [0.5, 0.6) is 5.75 Å². The first-order valence-electron chi connectivity index (χ1n) is 20.1. The molecule has 0 radical (unpaired) electrons. The molecule has 0 bridgehead atoms. The van der Waals surface area contributed by atoms with Crippen LogP contribution in [0.3, 0.4) is 0 Å². The molecule has 0 aromatic heterocycles. The van der Waals surface area contributed by atoms with E-state index in [1.165, 1.54) is 0 Å². The van der Waals surface area contributed by atoms with E-state index in [-0.39, 0.29) is 31.5 Å². The van der Waals surface area contributed by atoms with Gasteiger partial charge in [-0.25, -0.2) is 13.2 Å². The Morgan fingerprint density at radius 1 is 0.383 bits per heavy atom. The largest absolute Gasteiger partial charge is 0.420 e. The lowest BCUT2D eigenvalue weighted by atomic mass is 10.2. The highest BCUT2D eigenvalue weighted by Gasteiger charge is 2.36. The SMILES string of the molecule is CC(C)(C)[Si](C)(C)OCCOCCOCCOCCOCCOCCOCCOCCOCCOCCOCCOCCOCCC(=O)Oc1c(F)c(F)c(F)c(F)c1F. The molecule has 15 nitrogen and oxygen atoms in total. The van der Waals surface area contributed by atoms with E-state index in [1.807, 2.05) is 0 Å². The summed E-state index contributed by atoms with van der Waals surface area (Å²) >= 11 is 0. The van der Waals surface area contributed by atoms with Crippen LogP contribution in [-0.2, 0) is 66.1 Å². The Morgan fingerprint density at radius 3 is 0.850 bits per heavy atom. The van der Waals surface area contributed by atoms with Crippen LogP contribution in [-0.4, -0.2) is 179 Å². The molecule has 0 aliphatic rings. The van der Waals surface area contributed by atoms with Gasteiger partial charge < -0.3 is 66.0 Å². The average Bonchev–Trinajstić information content (AvgIpc) is 3.21. The minimum absolute atomic E-state index is 0.0777. The summed E-state index contributed by atoms with van der Waals surface area (Å²) in [5.74, 6) is -14.1. The molecule has 0 unspecified atom stereocenters. The van der Waals surface area contributed by atoms with Gasteiger partial charge in [0.1, 0.15) is 0 Å². The summed E-state index contributed by atoms with van der Waals surface area (Å²) in [6.45, 7) is 21.1. The van der Waals surface area contributed by atoms with Gasteiger partial charge in [0, 0.05) is 0 Å². The third kappa shape index (κ3) is 27.9. The topological polar surface area (TPSA) is 146 Å². The van der Waals surface area contributed by atoms with Crippen LogP contribution in [0.1, 0.15) is 27.2 Å². The fraction of sp³-hybridized carbons (Fsp3) is 0.821. The summed E-state index contributed by atoms with van der Waals surface area (Å²) in [6.07, 6.45) is -0.489. The Labute approximate surface area is 352 Å². The molecule has 0 saturated carbocycles. The molecule has 1 aromatic carbocycles. The van der Waals surface area contributed by atoms with Gasteiger partial charge in [0.15, 0.2) is 8.32 Å². The van der Waals surface area contributed by atoms with Crippen LogP contribution >= 0.6 is 0 Å². The summed E-state index contributed by atoms with van der Waals surface area (Å²) < 4.78 is 142. The molecule has 352 valence electrons. The van der Waals surface area contributed by atoms with E-state index >= 15 is 0 Å². The van der Waals surface area contributed by atoms with E-state index < -0.39 is 55.5 Å². The monoisotopic (exact) mass is 898 g/mol. The van der Waals surface area contributed by atoms with Gasteiger partial charge in [-0.2, -0.15) is 8.78 Å². The highest BCUT2D eigenvalue weighted by Crippen LogP contribution is 2.36. The first-order valence-corrected chi connectivity index (χ1v) is 23.0. The molecule has 0 fully saturated rings. The Bertz CT molecular complexity index is 1200. The van der Waals surface area contributed by atoms with Gasteiger partial charge in [0.2, 0.25) is 34.8 Å². The zero-order valence-corrected chi connectivity index (χ0v) is 36.9. The van der Waals surface area contributed by atoms with E-state index in [9.17, 15) is 26.7 Å². The number of rotatable bonds is 41. The van der Waals surface area contributed by atoms with Crippen LogP contribution < -0.4 is 4.74 Å². The van der Waals surface area contributed by atoms with Gasteiger partial charge in [-0.05, 0) is 18.1 Å². The molecule has 0 spiro atoms. The third-order valence-electron chi connectivity index (χ3n) is 8.42. The predicted molar refractivity (Wildman–Crippen MR) is 209 cm³/mol. The quantitative estimate of drug-likeness (QED) is 0.0167. The van der Waals surface area contributed by atoms with E-state index in [0.717, 1.165) is 0 Å². The summed E-state index contributed by atoms with van der Waals surface area (Å²) in [6, 6.07) is 0. The summed E-state index contributed by atoms with van der Waals surface area (Å²) in [7, 11) is -1.72. The molecular formula is C39H67F5O15Si. The van der Waals surface area contributed by atoms with Gasteiger partial charge in [-0.15, -0.1) is 0 Å². The second-order valence-electron chi connectivity index (χ2n) is 14.1. The van der Waals surface area contributed by atoms with Gasteiger partial charge in [-0.3, -0.25) is 4.79 Å². The molecule has 0 saturated heterocycles. The smallest absolute Gasteiger partial charge is 0.313 e. The molecule has 0 aliphatic heterocycles. The van der Waals surface area contributed by atoms with Crippen molar-refractivity contribution in [3.63, 3.8) is 0 Å². The van der Waals surface area contributed by atoms with Crippen molar-refractivity contribution in [1.29, 1.82) is 0 Å². The molecule has 1 rings (SSSR count). The van der Waals surface area contributed by atoms with Crippen molar-refractivity contribution in [1.82, 2.24) is 0 Å². The molecular weight excluding hydrogens is 831 g/mol. The number of halogens is 5. The van der Waals surface area contributed by atoms with Gasteiger partial charge in [0.25, 0.3) is 0 Å². The number of ether oxygens (including phenoxy) is 13. The normalized spacial score (nSPS) is 12.2. The minimum atomic E-state index is -2.35. The van der Waals surface area contributed by atoms with Crippen molar-refractivity contribution >= 4 is 14.3 Å². The van der Waals surface area contributed by atoms with E-state index in [1.54, 1.807) is 0 Å². The maximum Gasteiger partial charge on any atom is 0.313 e. The van der Waals surface area contributed by atoms with Crippen LogP contribution in [0.2, 0.25) is 18.1 Å². The van der Waals surface area contributed by atoms with Crippen LogP contribution in [0.25, 0.3) is 0 Å². The zero-order chi connectivity index (χ0) is 44.3. The molecule has 1 aromatic rings. The van der Waals surface area contributed by atoms with Crippen LogP contribution in [0.4, 0.5) is 22.0 Å². The number of carbonyl (C=O) groups is 1. The molecule has 0 amide bonds. The molecule has 0 aliphatic carbocycles. The fourth-order valence-corrected chi connectivity index (χ4v) is 5.11. The fourth-order valence-electron chi connectivity index (χ4n) is 4.09. The highest BCUT2D eigenvalue weighted by molar-refractivity contribution is 6.74. The van der Waals surface area contributed by atoms with Crippen molar-refractivity contribution in [2.24, 2.45) is 0 Å². The maximum atomic E-state index is 13.6. The molecule has 60 heavy (non-hydrogen) atoms. The summed E-state index contributed by atoms with van der Waals surface area (Å²) in [4.78, 5) is 11.7. The lowest BCUT2D eigenvalue weighted by molar-refractivity contribution is -0.136. The number of esters is 1. The second kappa shape index (κ2) is 35.5. The standard InChI is InChI=1S/C39H67F5O15Si/c1-39(2,3)60(4,5)58-31-30-57-29-28-56-27-26-55-25-24-54-23-22-53-21-20-52-19-18-51-17-16-50-15-14-49-13-12-48-11-10-47-9-8-46-7-6-32(45)59-38-36(43)34(41)33(40)35(42)37(38)44/h6-31H2,1-5H3. The molecule has 0 N–H and O–H groups in total. The molecule has 0 heterocycles. The van der Waals surface area contributed by atoms with Crippen molar-refractivity contribution in [3.05, 3.63) is 29.1 Å². The Balaban J connectivity index is 1.71. The second-order valence-corrected chi connectivity index (χ2v) is 18.9. The maximum absolute atomic E-state index is 13.6. The van der Waals surface area contributed by atoms with Crippen LogP contribution in [0, 0.1) is 29.1 Å². The molecule has 0 atom stereocenters. The van der Waals surface area contributed by atoms with E-state index in [4.69, 9.17) is 61.3 Å². The Hall–Kier alpha value is -1.96. The number of carbonyl (C=O) groups excluding carboxylic acids is 1. The van der Waals surface area contributed by atoms with Crippen LogP contribution in [0.15, 0.2) is 0 Å². The number of benzene rings is 1. The Kier molecular flexibility index (Phi) is 33.2. The minimum Gasteiger partial charge on any atom is -0.420 e. The zero-order valence-electron chi connectivity index (χ0n) is 35.9. The first kappa shape index (κ1) is 56.1. The van der Waals surface area contributed by atoms with Gasteiger partial charge in [0.05, 0.1) is 172 Å².